The van der Waals surface area contributed by atoms with Crippen LogP contribution in [0.4, 0.5) is 26.7 Å². The first-order valence-corrected chi connectivity index (χ1v) is 30.5. The fraction of sp³-hybridized carbons (Fsp3) is 0.507. The van der Waals surface area contributed by atoms with Gasteiger partial charge < -0.3 is 54.7 Å². The Hall–Kier alpha value is -4.16. The molecule has 1 aliphatic heterocycles. The SMILES string of the molecule is C.CC(C)(C)OC(=O)N[C@]1(C)C[C@H]1c1ccc(F)cc1.CCOC(=O)[C@]1(C)C[C@H]1c1ccc(F)cc1.CCOC(C)P(=O)(OCC)OCC.CO.C[C@@]1(C(=O)O)C[C@H]1c1ccc(F)cc1.C[C@@]1(N)C[C@H]1c1ccc(F)cc1.Cl.Fc1ccc([C@H]2CO2)cc1.[K+].[OH-]. The van der Waals surface area contributed by atoms with E-state index in [4.69, 9.17) is 43.9 Å². The van der Waals surface area contributed by atoms with Gasteiger partial charge in [-0.05, 0) is 197 Å². The van der Waals surface area contributed by atoms with Crippen molar-refractivity contribution in [2.24, 2.45) is 16.6 Å². The number of aliphatic carboxylic acids is 1. The summed E-state index contributed by atoms with van der Waals surface area (Å²) in [5.41, 5.74) is 9.18. The van der Waals surface area contributed by atoms with Crippen molar-refractivity contribution in [2.75, 3.05) is 40.1 Å². The largest absolute Gasteiger partial charge is 1.00 e. The minimum atomic E-state index is -3.05. The Morgan fingerprint density at radius 3 is 1.24 bits per heavy atom. The molecule has 10 atom stereocenters. The third kappa shape index (κ3) is 26.7. The van der Waals surface area contributed by atoms with E-state index >= 15 is 0 Å². The summed E-state index contributed by atoms with van der Waals surface area (Å²) in [5, 5.41) is 18.8. The van der Waals surface area contributed by atoms with Gasteiger partial charge in [-0.25, -0.2) is 26.7 Å². The van der Waals surface area contributed by atoms with E-state index in [1.165, 1.54) is 60.7 Å². The average molecular weight is 1340 g/mol. The van der Waals surface area contributed by atoms with Crippen LogP contribution in [0.3, 0.4) is 0 Å². The zero-order valence-electron chi connectivity index (χ0n) is 53.6. The van der Waals surface area contributed by atoms with Gasteiger partial charge >= 0.3 is 77.0 Å². The first-order valence-electron chi connectivity index (χ1n) is 28.9. The molecule has 5 aromatic carbocycles. The molecule has 4 aliphatic carbocycles. The van der Waals surface area contributed by atoms with Gasteiger partial charge in [0.25, 0.3) is 0 Å². The number of rotatable bonds is 16. The molecule has 498 valence electrons. The van der Waals surface area contributed by atoms with Crippen molar-refractivity contribution in [3.63, 3.8) is 0 Å². The monoisotopic (exact) mass is 1330 g/mol. The van der Waals surface area contributed by atoms with Crippen molar-refractivity contribution in [3.05, 3.63) is 178 Å². The number of hydrogen-bond donors (Lipinski definition) is 4. The second kappa shape index (κ2) is 38.3. The maximum Gasteiger partial charge on any atom is 1.00 e. The van der Waals surface area contributed by atoms with E-state index in [2.05, 4.69) is 5.32 Å². The van der Waals surface area contributed by atoms with Crippen molar-refractivity contribution in [3.8, 4) is 0 Å². The molecule has 5 aromatic rings. The molecular formula is C67H94ClF5KN2O13P. The number of carbonyl (C=O) groups excluding carboxylic acids is 2. The number of epoxide rings is 1. The van der Waals surface area contributed by atoms with Crippen LogP contribution in [0.2, 0.25) is 0 Å². The molecule has 15 nitrogen and oxygen atoms in total. The fourth-order valence-electron chi connectivity index (χ4n) is 9.50. The van der Waals surface area contributed by atoms with E-state index in [-0.39, 0.29) is 147 Å². The number of carbonyl (C=O) groups is 3. The number of carboxylic acids is 1. The number of ether oxygens (including phenoxy) is 4. The summed E-state index contributed by atoms with van der Waals surface area (Å²) in [6.07, 6.45) is 3.13. The molecule has 90 heavy (non-hydrogen) atoms. The van der Waals surface area contributed by atoms with Crippen LogP contribution in [-0.2, 0) is 42.1 Å². The average Bonchev–Trinajstić information content (AvgIpc) is 1.63. The molecule has 1 saturated heterocycles. The van der Waals surface area contributed by atoms with Crippen LogP contribution < -0.4 is 62.4 Å². The molecule has 5 aliphatic rings. The Balaban J connectivity index is 0.00000105. The minimum absolute atomic E-state index is 0. The second-order valence-electron chi connectivity index (χ2n) is 23.4. The first kappa shape index (κ1) is 85.8. The topological polar surface area (TPSA) is 235 Å². The zero-order valence-corrected chi connectivity index (χ0v) is 58.5. The van der Waals surface area contributed by atoms with Gasteiger partial charge in [0.05, 0.1) is 37.3 Å². The molecule has 0 spiro atoms. The number of hydrogen-bond acceptors (Lipinski definition) is 13. The molecule has 5 fully saturated rings. The Morgan fingerprint density at radius 1 is 0.611 bits per heavy atom. The predicted octanol–water partition coefficient (Wildman–Crippen LogP) is 12.9. The van der Waals surface area contributed by atoms with Gasteiger partial charge in [-0.15, -0.1) is 12.4 Å². The van der Waals surface area contributed by atoms with Crippen LogP contribution in [0.5, 0.6) is 0 Å². The van der Waals surface area contributed by atoms with Gasteiger partial charge in [-0.3, -0.25) is 14.2 Å². The summed E-state index contributed by atoms with van der Waals surface area (Å²) in [4.78, 5) is 34.3. The van der Waals surface area contributed by atoms with Crippen molar-refractivity contribution in [1.82, 2.24) is 5.32 Å². The number of halogens is 6. The van der Waals surface area contributed by atoms with E-state index < -0.39 is 41.9 Å². The first-order chi connectivity index (χ1) is 40.4. The second-order valence-corrected chi connectivity index (χ2v) is 25.8. The number of aliphatic hydroxyl groups is 1. The maximum absolute atomic E-state index is 12.9. The van der Waals surface area contributed by atoms with Gasteiger partial charge in [0.15, 0.2) is 5.85 Å². The molecular weight excluding hydrogens is 1240 g/mol. The smallest absolute Gasteiger partial charge is 0.870 e. The van der Waals surface area contributed by atoms with Gasteiger partial charge in [-0.1, -0.05) is 68.1 Å². The van der Waals surface area contributed by atoms with Gasteiger partial charge in [-0.2, -0.15) is 0 Å². The Labute approximate surface area is 578 Å². The minimum Gasteiger partial charge on any atom is -0.870 e. The van der Waals surface area contributed by atoms with Gasteiger partial charge in [0.2, 0.25) is 0 Å². The van der Waals surface area contributed by atoms with Gasteiger partial charge in [0, 0.05) is 48.5 Å². The molecule has 1 unspecified atom stereocenters. The van der Waals surface area contributed by atoms with E-state index in [0.29, 0.717) is 38.8 Å². The number of esters is 1. The predicted molar refractivity (Wildman–Crippen MR) is 337 cm³/mol. The summed E-state index contributed by atoms with van der Waals surface area (Å²) in [6, 6.07) is 31.9. The third-order valence-electron chi connectivity index (χ3n) is 15.1. The molecule has 4 saturated carbocycles. The van der Waals surface area contributed by atoms with Crippen LogP contribution in [-0.4, -0.2) is 96.4 Å². The number of amides is 1. The van der Waals surface area contributed by atoms with Crippen LogP contribution in [0, 0.1) is 39.9 Å². The zero-order chi connectivity index (χ0) is 64.4. The molecule has 23 heteroatoms. The Bertz CT molecular complexity index is 2970. The number of aliphatic hydroxyl groups excluding tert-OH is 1. The van der Waals surface area contributed by atoms with E-state index in [1.807, 2.05) is 60.6 Å². The summed E-state index contributed by atoms with van der Waals surface area (Å²) < 4.78 is 106. The molecule has 0 aromatic heterocycles. The third-order valence-corrected chi connectivity index (χ3v) is 17.4. The number of carboxylic acid groups (broad SMARTS) is 1. The quantitative estimate of drug-likeness (QED) is 0.0236. The van der Waals surface area contributed by atoms with Crippen LogP contribution in [0.1, 0.15) is 174 Å². The summed E-state index contributed by atoms with van der Waals surface area (Å²) >= 11 is 0. The number of benzene rings is 5. The number of nitrogens with two attached hydrogens (primary N) is 1. The summed E-state index contributed by atoms with van der Waals surface area (Å²) in [5.74, 6) is -1.69. The standard InChI is InChI=1S/C15H20FNO2.C13H15FO2.C11H11FO2.C10H12FN.C8H7FO.C8H19O4P.CH4O.CH4.ClH.K.H2O/c1-14(2,3)19-13(18)17-15(4)9-12(15)10-5-7-11(16)8-6-10;1-3-16-12(15)13(2)8-11(13)9-4-6-10(14)7-5-9;1-11(10(13)14)6-9(11)7-2-4-8(12)5-3-7;1-10(12)6-9(10)7-2-4-8(11)5-3-7;9-7-3-1-6(2-4-7)8-5-10-8;1-5-10-8(4)13(9,11-6-2)12-7-3;1-2;;;;/h5-8,12H,9H2,1-4H3,(H,17,18);4-7,11H,3,8H2,1-2H3;2-5,9H,6H2,1H3,(H,13,14);2-5,9H,6,12H2,1H3;1-4,8H,5H2;8H,5-7H2,1-4H3;2H,1H3;1H4;1H;;1H2/q;;;;;;;;;+1;/p-1/t12-,15+;11-,13+;9-,11+;9-,10+;8-;;;;;;/m00001....../s1. The molecule has 10 rings (SSSR count). The van der Waals surface area contributed by atoms with Crippen LogP contribution in [0.15, 0.2) is 121 Å². The molecule has 1 amide bonds. The van der Waals surface area contributed by atoms with Crippen molar-refractivity contribution in [2.45, 2.75) is 168 Å². The van der Waals surface area contributed by atoms with E-state index in [0.717, 1.165) is 60.8 Å². The van der Waals surface area contributed by atoms with Crippen molar-refractivity contribution < 1.29 is 136 Å². The van der Waals surface area contributed by atoms with E-state index in [9.17, 15) is 40.9 Å². The molecule has 1 heterocycles. The summed E-state index contributed by atoms with van der Waals surface area (Å²) in [7, 11) is -2.05. The molecule has 6 N–H and O–H groups in total. The number of alkyl carbamates (subject to hydrolysis) is 1. The maximum atomic E-state index is 12.9. The number of nitrogens with one attached hydrogen (secondary N) is 1. The molecule has 0 radical (unpaired) electrons. The fourth-order valence-corrected chi connectivity index (χ4v) is 11.0. The Morgan fingerprint density at radius 2 is 0.944 bits per heavy atom. The van der Waals surface area contributed by atoms with Crippen LogP contribution >= 0.6 is 20.0 Å². The normalized spacial score (nSPS) is 24.2. The van der Waals surface area contributed by atoms with Gasteiger partial charge in [0.1, 0.15) is 40.8 Å². The molecule has 0 bridgehead atoms. The van der Waals surface area contributed by atoms with E-state index in [1.54, 1.807) is 83.1 Å². The van der Waals surface area contributed by atoms with Crippen molar-refractivity contribution >= 4 is 38.0 Å². The Kier molecular flexibility index (Phi) is 36.5. The van der Waals surface area contributed by atoms with Crippen molar-refractivity contribution in [1.29, 1.82) is 0 Å². The van der Waals surface area contributed by atoms with Crippen LogP contribution in [0.25, 0.3) is 0 Å². The summed E-state index contributed by atoms with van der Waals surface area (Å²) in [6.45, 7) is 24.5.